The summed E-state index contributed by atoms with van der Waals surface area (Å²) in [6.07, 6.45) is 3.19. The highest BCUT2D eigenvalue weighted by molar-refractivity contribution is 5.94. The zero-order chi connectivity index (χ0) is 13.5. The molecular formula is C13H26N3O2+. The van der Waals surface area contributed by atoms with E-state index in [-0.39, 0.29) is 18.0 Å². The number of likely N-dealkylation sites (tertiary alicyclic amines) is 1. The molecule has 1 fully saturated rings. The van der Waals surface area contributed by atoms with Crippen molar-refractivity contribution in [1.29, 1.82) is 0 Å². The van der Waals surface area contributed by atoms with E-state index in [4.69, 9.17) is 0 Å². The van der Waals surface area contributed by atoms with Crippen molar-refractivity contribution >= 4 is 11.9 Å². The predicted molar refractivity (Wildman–Crippen MR) is 70.4 cm³/mol. The van der Waals surface area contributed by atoms with Gasteiger partial charge in [0.05, 0.1) is 13.1 Å². The molecule has 0 aromatic carbocycles. The van der Waals surface area contributed by atoms with Crippen molar-refractivity contribution in [3.8, 4) is 0 Å². The molecule has 1 atom stereocenters. The number of hydrogen-bond donors (Lipinski definition) is 3. The normalized spacial score (nSPS) is 25.3. The first-order valence-corrected chi connectivity index (χ1v) is 6.95. The van der Waals surface area contributed by atoms with Gasteiger partial charge in [0.2, 0.25) is 0 Å². The number of imide groups is 1. The van der Waals surface area contributed by atoms with E-state index in [1.165, 1.54) is 17.7 Å². The number of rotatable bonds is 4. The van der Waals surface area contributed by atoms with Crippen molar-refractivity contribution in [3.05, 3.63) is 0 Å². The van der Waals surface area contributed by atoms with Gasteiger partial charge in [-0.3, -0.25) is 10.1 Å². The van der Waals surface area contributed by atoms with Gasteiger partial charge in [-0.1, -0.05) is 13.8 Å². The van der Waals surface area contributed by atoms with Crippen LogP contribution in [0, 0.1) is 5.92 Å². The van der Waals surface area contributed by atoms with Gasteiger partial charge in [0.1, 0.15) is 0 Å². The molecule has 0 unspecified atom stereocenters. The first kappa shape index (κ1) is 15.0. The zero-order valence-electron chi connectivity index (χ0n) is 11.7. The second-order valence-electron chi connectivity index (χ2n) is 5.44. The number of piperidine rings is 1. The molecule has 3 amide bonds. The fourth-order valence-electron chi connectivity index (χ4n) is 2.11. The van der Waals surface area contributed by atoms with Gasteiger partial charge in [0, 0.05) is 6.04 Å². The molecule has 18 heavy (non-hydrogen) atoms. The summed E-state index contributed by atoms with van der Waals surface area (Å²) < 4.78 is 0. The Morgan fingerprint density at radius 1 is 1.33 bits per heavy atom. The summed E-state index contributed by atoms with van der Waals surface area (Å²) in [5.41, 5.74) is 0. The molecule has 104 valence electrons. The number of hydrogen-bond acceptors (Lipinski definition) is 2. The number of amides is 3. The third kappa shape index (κ3) is 5.49. The van der Waals surface area contributed by atoms with E-state index in [0.29, 0.717) is 6.54 Å². The van der Waals surface area contributed by atoms with Crippen LogP contribution in [-0.4, -0.2) is 37.6 Å². The molecule has 1 aliphatic rings. The topological polar surface area (TPSA) is 62.6 Å². The average Bonchev–Trinajstić information content (AvgIpc) is 2.31. The second kappa shape index (κ2) is 7.36. The summed E-state index contributed by atoms with van der Waals surface area (Å²) in [4.78, 5) is 24.4. The SMILES string of the molecule is CC[C@H](C)NC(=O)NC(=O)C[NH+]1CCC(C)CC1. The molecule has 0 saturated carbocycles. The number of carbonyl (C=O) groups is 2. The predicted octanol–water partition coefficient (Wildman–Crippen LogP) is -0.0745. The van der Waals surface area contributed by atoms with Gasteiger partial charge < -0.3 is 10.2 Å². The summed E-state index contributed by atoms with van der Waals surface area (Å²) in [5, 5.41) is 5.12. The maximum absolute atomic E-state index is 11.7. The fraction of sp³-hybridized carbons (Fsp3) is 0.846. The van der Waals surface area contributed by atoms with Crippen LogP contribution in [0.5, 0.6) is 0 Å². The van der Waals surface area contributed by atoms with Gasteiger partial charge in [-0.2, -0.15) is 0 Å². The van der Waals surface area contributed by atoms with Gasteiger partial charge >= 0.3 is 6.03 Å². The van der Waals surface area contributed by atoms with Crippen LogP contribution in [0.1, 0.15) is 40.0 Å². The van der Waals surface area contributed by atoms with Gasteiger partial charge in [-0.05, 0) is 32.1 Å². The van der Waals surface area contributed by atoms with E-state index in [0.717, 1.165) is 25.4 Å². The zero-order valence-corrected chi connectivity index (χ0v) is 11.7. The van der Waals surface area contributed by atoms with Crippen molar-refractivity contribution in [1.82, 2.24) is 10.6 Å². The molecule has 5 nitrogen and oxygen atoms in total. The summed E-state index contributed by atoms with van der Waals surface area (Å²) in [6.45, 7) is 8.62. The fourth-order valence-corrected chi connectivity index (χ4v) is 2.11. The largest absolute Gasteiger partial charge is 0.335 e. The third-order valence-corrected chi connectivity index (χ3v) is 3.63. The molecule has 0 aromatic rings. The number of carbonyl (C=O) groups excluding carboxylic acids is 2. The Balaban J connectivity index is 2.22. The third-order valence-electron chi connectivity index (χ3n) is 3.63. The summed E-state index contributed by atoms with van der Waals surface area (Å²) in [5.74, 6) is 0.589. The van der Waals surface area contributed by atoms with Crippen LogP contribution in [0.25, 0.3) is 0 Å². The minimum absolute atomic E-state index is 0.0981. The Kier molecular flexibility index (Phi) is 6.12. The summed E-state index contributed by atoms with van der Waals surface area (Å²) >= 11 is 0. The highest BCUT2D eigenvalue weighted by Gasteiger charge is 2.22. The van der Waals surface area contributed by atoms with E-state index in [1.54, 1.807) is 0 Å². The monoisotopic (exact) mass is 256 g/mol. The van der Waals surface area contributed by atoms with Crippen LogP contribution in [0.2, 0.25) is 0 Å². The average molecular weight is 256 g/mol. The summed E-state index contributed by atoms with van der Waals surface area (Å²) in [7, 11) is 0. The van der Waals surface area contributed by atoms with Crippen LogP contribution in [-0.2, 0) is 4.79 Å². The molecule has 1 saturated heterocycles. The quantitative estimate of drug-likeness (QED) is 0.659. The van der Waals surface area contributed by atoms with Gasteiger partial charge in [-0.15, -0.1) is 0 Å². The molecular weight excluding hydrogens is 230 g/mol. The molecule has 0 aliphatic carbocycles. The van der Waals surface area contributed by atoms with E-state index in [2.05, 4.69) is 17.6 Å². The number of nitrogens with one attached hydrogen (secondary N) is 3. The van der Waals surface area contributed by atoms with Crippen LogP contribution in [0.15, 0.2) is 0 Å². The van der Waals surface area contributed by atoms with Crippen molar-refractivity contribution in [2.45, 2.75) is 46.1 Å². The molecule has 3 N–H and O–H groups in total. The molecule has 5 heteroatoms. The Bertz CT molecular complexity index is 286. The minimum Gasteiger partial charge on any atom is -0.335 e. The summed E-state index contributed by atoms with van der Waals surface area (Å²) in [6, 6.07) is -0.278. The second-order valence-corrected chi connectivity index (χ2v) is 5.44. The molecule has 0 bridgehead atoms. The first-order chi connectivity index (χ1) is 8.51. The Labute approximate surface area is 109 Å². The van der Waals surface area contributed by atoms with Crippen molar-refractivity contribution in [2.75, 3.05) is 19.6 Å². The molecule has 1 aliphatic heterocycles. The van der Waals surface area contributed by atoms with Crippen LogP contribution in [0.3, 0.4) is 0 Å². The smallest absolute Gasteiger partial charge is 0.321 e. The molecule has 0 radical (unpaired) electrons. The Morgan fingerprint density at radius 3 is 2.50 bits per heavy atom. The Hall–Kier alpha value is -1.10. The van der Waals surface area contributed by atoms with E-state index < -0.39 is 0 Å². The van der Waals surface area contributed by atoms with Crippen LogP contribution >= 0.6 is 0 Å². The van der Waals surface area contributed by atoms with Crippen molar-refractivity contribution in [3.63, 3.8) is 0 Å². The lowest BCUT2D eigenvalue weighted by Gasteiger charge is -2.26. The standard InChI is InChI=1S/C13H25N3O2/c1-4-11(3)14-13(18)15-12(17)9-16-7-5-10(2)6-8-16/h10-11H,4-9H2,1-3H3,(H2,14,15,17,18)/p+1/t11-/m0/s1. The van der Waals surface area contributed by atoms with Crippen molar-refractivity contribution in [2.24, 2.45) is 5.92 Å². The lowest BCUT2D eigenvalue weighted by molar-refractivity contribution is -0.898. The Morgan fingerprint density at radius 2 is 1.94 bits per heavy atom. The minimum atomic E-state index is -0.376. The van der Waals surface area contributed by atoms with E-state index >= 15 is 0 Å². The van der Waals surface area contributed by atoms with E-state index in [9.17, 15) is 9.59 Å². The maximum Gasteiger partial charge on any atom is 0.321 e. The number of urea groups is 1. The highest BCUT2D eigenvalue weighted by atomic mass is 16.2. The first-order valence-electron chi connectivity index (χ1n) is 6.95. The van der Waals surface area contributed by atoms with Gasteiger partial charge in [0.25, 0.3) is 5.91 Å². The van der Waals surface area contributed by atoms with Crippen LogP contribution < -0.4 is 15.5 Å². The highest BCUT2D eigenvalue weighted by Crippen LogP contribution is 2.06. The van der Waals surface area contributed by atoms with Gasteiger partial charge in [-0.25, -0.2) is 4.79 Å². The maximum atomic E-state index is 11.7. The lowest BCUT2D eigenvalue weighted by Crippen LogP contribution is -3.14. The molecule has 1 heterocycles. The lowest BCUT2D eigenvalue weighted by atomic mass is 9.99. The number of quaternary nitrogens is 1. The molecule has 1 rings (SSSR count). The molecule has 0 spiro atoms. The van der Waals surface area contributed by atoms with Crippen molar-refractivity contribution < 1.29 is 14.5 Å². The van der Waals surface area contributed by atoms with E-state index in [1.807, 2.05) is 13.8 Å². The van der Waals surface area contributed by atoms with Gasteiger partial charge in [0.15, 0.2) is 6.54 Å². The van der Waals surface area contributed by atoms with Crippen LogP contribution in [0.4, 0.5) is 4.79 Å². The molecule has 0 aromatic heterocycles.